The van der Waals surface area contributed by atoms with Crippen LogP contribution in [0.5, 0.6) is 0 Å². The molecule has 0 atom stereocenters. The Morgan fingerprint density at radius 1 is 1.67 bits per heavy atom. The van der Waals surface area contributed by atoms with Crippen LogP contribution >= 0.6 is 0 Å². The Morgan fingerprint density at radius 3 is 2.56 bits per heavy atom. The van der Waals surface area contributed by atoms with Crippen LogP contribution in [0.2, 0.25) is 0 Å². The van der Waals surface area contributed by atoms with Crippen molar-refractivity contribution in [2.45, 2.75) is 13.8 Å². The molecule has 3 heteroatoms. The van der Waals surface area contributed by atoms with Gasteiger partial charge in [-0.1, -0.05) is 19.9 Å². The minimum absolute atomic E-state index is 0.351. The number of hydrogen-bond donors (Lipinski definition) is 1. The van der Waals surface area contributed by atoms with Crippen molar-refractivity contribution in [1.29, 1.82) is 0 Å². The third-order valence-electron chi connectivity index (χ3n) is 0.733. The molecule has 0 heterocycles. The van der Waals surface area contributed by atoms with E-state index in [-0.39, 0.29) is 0 Å². The maximum absolute atomic E-state index is 10.3. The van der Waals surface area contributed by atoms with Gasteiger partial charge in [0.25, 0.3) is 0 Å². The molecule has 0 aromatic heterocycles. The maximum Gasteiger partial charge on any atom is 0.348 e. The zero-order valence-corrected chi connectivity index (χ0v) is 5.63. The van der Waals surface area contributed by atoms with E-state index in [0.29, 0.717) is 5.92 Å². The fourth-order valence-electron chi connectivity index (χ4n) is 0.310. The lowest BCUT2D eigenvalue weighted by atomic mass is 10.2. The van der Waals surface area contributed by atoms with E-state index in [1.807, 2.05) is 13.8 Å². The fraction of sp³-hybridized carbons (Fsp3) is 0.500. The molecule has 52 valence electrons. The lowest BCUT2D eigenvalue weighted by Crippen LogP contribution is -2.06. The molecule has 0 spiro atoms. The van der Waals surface area contributed by atoms with Crippen LogP contribution in [0.4, 0.5) is 0 Å². The zero-order chi connectivity index (χ0) is 7.28. The number of carbonyl (C=O) groups is 1. The van der Waals surface area contributed by atoms with Gasteiger partial charge in [0.2, 0.25) is 0 Å². The van der Waals surface area contributed by atoms with Crippen molar-refractivity contribution in [3.63, 3.8) is 0 Å². The Bertz CT molecular complexity index is 118. The fourth-order valence-corrected chi connectivity index (χ4v) is 0.310. The van der Waals surface area contributed by atoms with Crippen LogP contribution in [0, 0.1) is 5.92 Å². The number of carbonyl (C=O) groups excluding carboxylic acids is 1. The summed E-state index contributed by atoms with van der Waals surface area (Å²) in [6.45, 7) is 3.92. The van der Waals surface area contributed by atoms with E-state index in [0.717, 1.165) is 0 Å². The second-order valence-corrected chi connectivity index (χ2v) is 2.04. The molecule has 2 N–H and O–H groups in total. The molecule has 0 aromatic rings. The predicted molar refractivity (Wildman–Crippen MR) is 34.3 cm³/mol. The Hall–Kier alpha value is -0.830. The quantitative estimate of drug-likeness (QED) is 0.439. The number of nitrogens with two attached hydrogens (primary N) is 1. The number of rotatable bonds is 2. The van der Waals surface area contributed by atoms with Gasteiger partial charge in [0.15, 0.2) is 0 Å². The summed E-state index contributed by atoms with van der Waals surface area (Å²) in [5, 5.41) is 0. The summed E-state index contributed by atoms with van der Waals surface area (Å²) in [6, 6.07) is 0. The highest BCUT2D eigenvalue weighted by molar-refractivity contribution is 5.81. The van der Waals surface area contributed by atoms with Crippen molar-refractivity contribution in [1.82, 2.24) is 0 Å². The minimum Gasteiger partial charge on any atom is -0.370 e. The summed E-state index contributed by atoms with van der Waals surface area (Å²) in [5.74, 6) is 4.40. The Kier molecular flexibility index (Phi) is 3.71. The molecule has 0 aliphatic rings. The largest absolute Gasteiger partial charge is 0.370 e. The van der Waals surface area contributed by atoms with Crippen molar-refractivity contribution in [3.05, 3.63) is 12.2 Å². The molecule has 0 rings (SSSR count). The van der Waals surface area contributed by atoms with Gasteiger partial charge in [-0.2, -0.15) is 5.90 Å². The van der Waals surface area contributed by atoms with Crippen LogP contribution in [0.3, 0.4) is 0 Å². The summed E-state index contributed by atoms with van der Waals surface area (Å²) in [4.78, 5) is 14.2. The monoisotopic (exact) mass is 129 g/mol. The Morgan fingerprint density at radius 2 is 2.22 bits per heavy atom. The molecule has 0 bridgehead atoms. The smallest absolute Gasteiger partial charge is 0.348 e. The SMILES string of the molecule is CC(C)C=CC(=O)ON. The molecule has 0 radical (unpaired) electrons. The van der Waals surface area contributed by atoms with E-state index in [4.69, 9.17) is 0 Å². The standard InChI is InChI=1S/C6H11NO2/c1-5(2)3-4-6(8)9-7/h3-5H,7H2,1-2H3. The van der Waals surface area contributed by atoms with Crippen LogP contribution in [-0.4, -0.2) is 5.97 Å². The Labute approximate surface area is 54.4 Å². The van der Waals surface area contributed by atoms with Gasteiger partial charge >= 0.3 is 5.97 Å². The van der Waals surface area contributed by atoms with Gasteiger partial charge in [0.1, 0.15) is 0 Å². The first-order chi connectivity index (χ1) is 4.16. The third-order valence-corrected chi connectivity index (χ3v) is 0.733. The van der Waals surface area contributed by atoms with E-state index < -0.39 is 5.97 Å². The van der Waals surface area contributed by atoms with Crippen LogP contribution in [0.15, 0.2) is 12.2 Å². The maximum atomic E-state index is 10.3. The molecule has 0 saturated carbocycles. The topological polar surface area (TPSA) is 52.3 Å². The zero-order valence-electron chi connectivity index (χ0n) is 5.63. The molecule has 0 unspecified atom stereocenters. The van der Waals surface area contributed by atoms with Gasteiger partial charge in [0, 0.05) is 6.08 Å². The lowest BCUT2D eigenvalue weighted by Gasteiger charge is -1.91. The van der Waals surface area contributed by atoms with Gasteiger partial charge in [-0.25, -0.2) is 4.79 Å². The summed E-state index contributed by atoms with van der Waals surface area (Å²) in [6.07, 6.45) is 3.03. The second-order valence-electron chi connectivity index (χ2n) is 2.04. The summed E-state index contributed by atoms with van der Waals surface area (Å²) in [7, 11) is 0. The molecule has 0 aliphatic carbocycles. The van der Waals surface area contributed by atoms with Gasteiger partial charge in [-0.3, -0.25) is 0 Å². The first kappa shape index (κ1) is 8.17. The van der Waals surface area contributed by atoms with Crippen molar-refractivity contribution in [3.8, 4) is 0 Å². The van der Waals surface area contributed by atoms with Gasteiger partial charge in [0.05, 0.1) is 0 Å². The summed E-state index contributed by atoms with van der Waals surface area (Å²) >= 11 is 0. The van der Waals surface area contributed by atoms with Gasteiger partial charge in [-0.15, -0.1) is 0 Å². The first-order valence-electron chi connectivity index (χ1n) is 2.75. The van der Waals surface area contributed by atoms with Crippen LogP contribution in [-0.2, 0) is 9.63 Å². The molecular formula is C6H11NO2. The lowest BCUT2D eigenvalue weighted by molar-refractivity contribution is -0.138. The predicted octanol–water partition coefficient (Wildman–Crippen LogP) is 0.616. The van der Waals surface area contributed by atoms with E-state index >= 15 is 0 Å². The number of allylic oxidation sites excluding steroid dienone is 1. The van der Waals surface area contributed by atoms with Crippen LogP contribution in [0.1, 0.15) is 13.8 Å². The molecule has 0 saturated heterocycles. The molecule has 0 aliphatic heterocycles. The van der Waals surface area contributed by atoms with Gasteiger partial charge < -0.3 is 4.84 Å². The minimum atomic E-state index is -0.510. The molecule has 3 nitrogen and oxygen atoms in total. The van der Waals surface area contributed by atoms with E-state index in [2.05, 4.69) is 10.7 Å². The first-order valence-corrected chi connectivity index (χ1v) is 2.75. The average Bonchev–Trinajstić information content (AvgIpc) is 1.83. The van der Waals surface area contributed by atoms with Crippen molar-refractivity contribution < 1.29 is 9.63 Å². The van der Waals surface area contributed by atoms with E-state index in [1.54, 1.807) is 6.08 Å². The third kappa shape index (κ3) is 5.03. The molecule has 0 aromatic carbocycles. The highest BCUT2D eigenvalue weighted by atomic mass is 16.7. The molecule has 9 heavy (non-hydrogen) atoms. The van der Waals surface area contributed by atoms with Crippen molar-refractivity contribution >= 4 is 5.97 Å². The number of hydrogen-bond acceptors (Lipinski definition) is 3. The summed E-state index contributed by atoms with van der Waals surface area (Å²) in [5.41, 5.74) is 0. The van der Waals surface area contributed by atoms with Crippen LogP contribution in [0.25, 0.3) is 0 Å². The molecule has 0 amide bonds. The van der Waals surface area contributed by atoms with Gasteiger partial charge in [-0.05, 0) is 5.92 Å². The van der Waals surface area contributed by atoms with Crippen LogP contribution < -0.4 is 5.90 Å². The molecule has 0 fully saturated rings. The van der Waals surface area contributed by atoms with Crippen molar-refractivity contribution in [2.24, 2.45) is 11.8 Å². The Balaban J connectivity index is 3.57. The molecular weight excluding hydrogens is 118 g/mol. The normalized spacial score (nSPS) is 10.7. The second kappa shape index (κ2) is 4.09. The highest BCUT2D eigenvalue weighted by Crippen LogP contribution is 1.92. The van der Waals surface area contributed by atoms with E-state index in [9.17, 15) is 4.79 Å². The highest BCUT2D eigenvalue weighted by Gasteiger charge is 1.91. The summed E-state index contributed by atoms with van der Waals surface area (Å²) < 4.78 is 0. The average molecular weight is 129 g/mol. The van der Waals surface area contributed by atoms with Crippen molar-refractivity contribution in [2.75, 3.05) is 0 Å². The van der Waals surface area contributed by atoms with E-state index in [1.165, 1.54) is 6.08 Å².